The highest BCUT2D eigenvalue weighted by atomic mass is 16.7. The van der Waals surface area contributed by atoms with Gasteiger partial charge < -0.3 is 14.2 Å². The minimum Gasteiger partial charge on any atom is -0.497 e. The van der Waals surface area contributed by atoms with Crippen LogP contribution in [0.4, 0.5) is 0 Å². The van der Waals surface area contributed by atoms with E-state index in [0.717, 1.165) is 18.6 Å². The smallest absolute Gasteiger partial charge is 0.163 e. The molecule has 0 bridgehead atoms. The average molecular weight is 222 g/mol. The lowest BCUT2D eigenvalue weighted by atomic mass is 10.0. The van der Waals surface area contributed by atoms with Gasteiger partial charge in [0.25, 0.3) is 0 Å². The van der Waals surface area contributed by atoms with Crippen molar-refractivity contribution in [2.24, 2.45) is 0 Å². The Morgan fingerprint density at radius 3 is 2.56 bits per heavy atom. The average Bonchev–Trinajstić information content (AvgIpc) is 2.74. The lowest BCUT2D eigenvalue weighted by molar-refractivity contribution is -0.117. The molecule has 0 aromatic heterocycles. The number of benzene rings is 1. The highest BCUT2D eigenvalue weighted by molar-refractivity contribution is 5.41. The third-order valence-corrected chi connectivity index (χ3v) is 3.27. The number of ether oxygens (including phenoxy) is 3. The van der Waals surface area contributed by atoms with E-state index in [-0.39, 0.29) is 6.29 Å². The molecule has 0 amide bonds. The molecule has 0 N–H and O–H groups in total. The van der Waals surface area contributed by atoms with Crippen molar-refractivity contribution in [2.75, 3.05) is 21.3 Å². The van der Waals surface area contributed by atoms with Crippen LogP contribution in [-0.2, 0) is 15.9 Å². The molecular weight excluding hydrogens is 204 g/mol. The highest BCUT2D eigenvalue weighted by Crippen LogP contribution is 2.38. The van der Waals surface area contributed by atoms with Crippen LogP contribution in [0.25, 0.3) is 0 Å². The molecule has 0 radical (unpaired) electrons. The van der Waals surface area contributed by atoms with Gasteiger partial charge >= 0.3 is 0 Å². The molecular formula is C13H18O3. The molecule has 2 rings (SSSR count). The zero-order valence-corrected chi connectivity index (χ0v) is 10.0. The van der Waals surface area contributed by atoms with Gasteiger partial charge in [0.1, 0.15) is 5.75 Å². The Morgan fingerprint density at radius 1 is 1.19 bits per heavy atom. The third kappa shape index (κ3) is 1.93. The predicted molar refractivity (Wildman–Crippen MR) is 61.9 cm³/mol. The number of fused-ring (bicyclic) bond motifs is 1. The minimum absolute atomic E-state index is 0.144. The summed E-state index contributed by atoms with van der Waals surface area (Å²) in [6, 6.07) is 6.23. The molecule has 1 unspecified atom stereocenters. The van der Waals surface area contributed by atoms with E-state index in [2.05, 4.69) is 12.1 Å². The molecule has 1 aliphatic carbocycles. The van der Waals surface area contributed by atoms with Gasteiger partial charge in [-0.2, -0.15) is 0 Å². The van der Waals surface area contributed by atoms with Crippen LogP contribution in [0.5, 0.6) is 5.75 Å². The molecule has 0 heterocycles. The molecule has 88 valence electrons. The van der Waals surface area contributed by atoms with Crippen molar-refractivity contribution in [1.29, 1.82) is 0 Å². The van der Waals surface area contributed by atoms with E-state index in [0.29, 0.717) is 5.92 Å². The van der Waals surface area contributed by atoms with Gasteiger partial charge in [-0.1, -0.05) is 6.07 Å². The van der Waals surface area contributed by atoms with Crippen LogP contribution in [0.2, 0.25) is 0 Å². The normalized spacial score (nSPS) is 18.9. The number of aryl methyl sites for hydroxylation is 1. The van der Waals surface area contributed by atoms with Gasteiger partial charge in [-0.25, -0.2) is 0 Å². The van der Waals surface area contributed by atoms with Crippen molar-refractivity contribution in [2.45, 2.75) is 25.0 Å². The maximum Gasteiger partial charge on any atom is 0.163 e. The quantitative estimate of drug-likeness (QED) is 0.732. The Morgan fingerprint density at radius 2 is 1.94 bits per heavy atom. The maximum atomic E-state index is 5.34. The summed E-state index contributed by atoms with van der Waals surface area (Å²) in [5, 5.41) is 0. The molecule has 1 aromatic rings. The molecule has 3 heteroatoms. The number of rotatable bonds is 4. The zero-order valence-electron chi connectivity index (χ0n) is 10.0. The first-order valence-electron chi connectivity index (χ1n) is 5.52. The third-order valence-electron chi connectivity index (χ3n) is 3.27. The van der Waals surface area contributed by atoms with E-state index in [1.54, 1.807) is 21.3 Å². The molecule has 0 saturated heterocycles. The molecule has 0 saturated carbocycles. The lowest BCUT2D eigenvalue weighted by Crippen LogP contribution is -2.21. The van der Waals surface area contributed by atoms with E-state index in [4.69, 9.17) is 14.2 Å². The first kappa shape index (κ1) is 11.4. The Labute approximate surface area is 96.3 Å². The summed E-state index contributed by atoms with van der Waals surface area (Å²) in [5.41, 5.74) is 2.68. The van der Waals surface area contributed by atoms with Gasteiger partial charge in [-0.15, -0.1) is 0 Å². The van der Waals surface area contributed by atoms with E-state index in [1.165, 1.54) is 11.1 Å². The highest BCUT2D eigenvalue weighted by Gasteiger charge is 2.30. The Bertz CT molecular complexity index is 358. The predicted octanol–water partition coefficient (Wildman–Crippen LogP) is 2.34. The Kier molecular flexibility index (Phi) is 3.46. The van der Waals surface area contributed by atoms with Crippen molar-refractivity contribution in [1.82, 2.24) is 0 Å². The molecule has 0 spiro atoms. The molecule has 0 fully saturated rings. The van der Waals surface area contributed by atoms with E-state index < -0.39 is 0 Å². The first-order valence-corrected chi connectivity index (χ1v) is 5.52. The van der Waals surface area contributed by atoms with Gasteiger partial charge in [0.15, 0.2) is 6.29 Å². The maximum absolute atomic E-state index is 5.34. The first-order chi connectivity index (χ1) is 7.80. The van der Waals surface area contributed by atoms with Crippen molar-refractivity contribution < 1.29 is 14.2 Å². The summed E-state index contributed by atoms with van der Waals surface area (Å²) in [5.74, 6) is 1.27. The minimum atomic E-state index is -0.144. The van der Waals surface area contributed by atoms with Crippen LogP contribution in [0.3, 0.4) is 0 Å². The molecule has 0 aliphatic heterocycles. The zero-order chi connectivity index (χ0) is 11.5. The Hall–Kier alpha value is -1.06. The van der Waals surface area contributed by atoms with Crippen LogP contribution in [0.15, 0.2) is 18.2 Å². The standard InChI is InChI=1S/C13H18O3/c1-14-10-5-7-11-9(8-10)4-6-12(11)13(15-2)16-3/h5,7-8,12-13H,4,6H2,1-3H3. The summed E-state index contributed by atoms with van der Waals surface area (Å²) < 4.78 is 15.9. The van der Waals surface area contributed by atoms with Gasteiger partial charge in [0.2, 0.25) is 0 Å². The van der Waals surface area contributed by atoms with E-state index in [9.17, 15) is 0 Å². The van der Waals surface area contributed by atoms with Crippen LogP contribution in [0.1, 0.15) is 23.5 Å². The van der Waals surface area contributed by atoms with Crippen LogP contribution in [0, 0.1) is 0 Å². The fraction of sp³-hybridized carbons (Fsp3) is 0.538. The van der Waals surface area contributed by atoms with Crippen LogP contribution < -0.4 is 4.74 Å². The van der Waals surface area contributed by atoms with Gasteiger partial charge in [0.05, 0.1) is 7.11 Å². The summed E-state index contributed by atoms with van der Waals surface area (Å²) in [7, 11) is 5.08. The van der Waals surface area contributed by atoms with Gasteiger partial charge in [-0.3, -0.25) is 0 Å². The number of hydrogen-bond acceptors (Lipinski definition) is 3. The van der Waals surface area contributed by atoms with E-state index >= 15 is 0 Å². The largest absolute Gasteiger partial charge is 0.497 e. The molecule has 1 aromatic carbocycles. The van der Waals surface area contributed by atoms with Gasteiger partial charge in [-0.05, 0) is 36.1 Å². The number of methoxy groups -OCH3 is 3. The molecule has 16 heavy (non-hydrogen) atoms. The summed E-state index contributed by atoms with van der Waals surface area (Å²) >= 11 is 0. The second kappa shape index (κ2) is 4.85. The number of hydrogen-bond donors (Lipinski definition) is 0. The SMILES string of the molecule is COc1ccc2c(c1)CCC2C(OC)OC. The van der Waals surface area contributed by atoms with Gasteiger partial charge in [0, 0.05) is 20.1 Å². The second-order valence-corrected chi connectivity index (χ2v) is 4.05. The van der Waals surface area contributed by atoms with Crippen molar-refractivity contribution >= 4 is 0 Å². The summed E-state index contributed by atoms with van der Waals surface area (Å²) in [6.07, 6.45) is 2.00. The fourth-order valence-corrected chi connectivity index (χ4v) is 2.46. The molecule has 1 aliphatic rings. The van der Waals surface area contributed by atoms with Crippen molar-refractivity contribution in [3.05, 3.63) is 29.3 Å². The summed E-state index contributed by atoms with van der Waals surface area (Å²) in [4.78, 5) is 0. The van der Waals surface area contributed by atoms with E-state index in [1.807, 2.05) is 6.07 Å². The van der Waals surface area contributed by atoms with Crippen LogP contribution in [-0.4, -0.2) is 27.6 Å². The van der Waals surface area contributed by atoms with Crippen molar-refractivity contribution in [3.8, 4) is 5.75 Å². The van der Waals surface area contributed by atoms with Crippen molar-refractivity contribution in [3.63, 3.8) is 0 Å². The lowest BCUT2D eigenvalue weighted by Gasteiger charge is -2.21. The Balaban J connectivity index is 2.26. The second-order valence-electron chi connectivity index (χ2n) is 4.05. The topological polar surface area (TPSA) is 27.7 Å². The fourth-order valence-electron chi connectivity index (χ4n) is 2.46. The summed E-state index contributed by atoms with van der Waals surface area (Å²) in [6.45, 7) is 0. The van der Waals surface area contributed by atoms with Crippen LogP contribution >= 0.6 is 0 Å². The monoisotopic (exact) mass is 222 g/mol. The molecule has 3 nitrogen and oxygen atoms in total. The molecule has 1 atom stereocenters.